The number of nitrogens with one attached hydrogen (secondary N) is 1. The highest BCUT2D eigenvalue weighted by atomic mass is 32.2. The van der Waals surface area contributed by atoms with Gasteiger partial charge in [0.25, 0.3) is 5.56 Å². The van der Waals surface area contributed by atoms with Crippen molar-refractivity contribution in [2.45, 2.75) is 31.1 Å². The molecule has 200 valence electrons. The lowest BCUT2D eigenvalue weighted by atomic mass is 9.96. The number of benzene rings is 2. The van der Waals surface area contributed by atoms with Crippen molar-refractivity contribution >= 4 is 27.0 Å². The number of aromatic nitrogens is 3. The maximum atomic E-state index is 13.8. The maximum Gasteiger partial charge on any atom is 0.295 e. The minimum Gasteiger partial charge on any atom is -0.444 e. The number of sulfone groups is 1. The van der Waals surface area contributed by atoms with E-state index in [9.17, 15) is 18.0 Å². The van der Waals surface area contributed by atoms with Crippen LogP contribution in [0.5, 0.6) is 0 Å². The van der Waals surface area contributed by atoms with Crippen molar-refractivity contribution in [3.63, 3.8) is 0 Å². The fraction of sp³-hybridized carbons (Fsp3) is 0.286. The fourth-order valence-electron chi connectivity index (χ4n) is 5.31. The largest absolute Gasteiger partial charge is 0.444 e. The summed E-state index contributed by atoms with van der Waals surface area (Å²) in [7, 11) is -3.72. The van der Waals surface area contributed by atoms with Gasteiger partial charge in [-0.3, -0.25) is 9.59 Å². The summed E-state index contributed by atoms with van der Waals surface area (Å²) in [5.74, 6) is 0.716. The smallest absolute Gasteiger partial charge is 0.295 e. The van der Waals surface area contributed by atoms with Gasteiger partial charge in [-0.15, -0.1) is 0 Å². The minimum absolute atomic E-state index is 0.0142. The Kier molecular flexibility index (Phi) is 6.10. The summed E-state index contributed by atoms with van der Waals surface area (Å²) in [5, 5.41) is 8.05. The number of oxazole rings is 1. The SMILES string of the molecule is Cc1cc(-c2cnco2)cc(-c2nn(-c3cc(N4CCC(=O)C4)ccc3S(C)(=O)=O)c(=O)c3c2CCCN3)c1. The number of hydrogen-bond acceptors (Lipinski definition) is 9. The summed E-state index contributed by atoms with van der Waals surface area (Å²) >= 11 is 0. The first-order valence-corrected chi connectivity index (χ1v) is 14.6. The standard InChI is InChI=1S/C28H27N5O5S/c1-17-10-18(24-14-29-16-38-24)12-19(11-17)26-22-4-3-8-30-27(22)28(35)33(31-26)23-13-20(32-9-7-21(34)15-32)5-6-25(23)39(2,36)37/h5-6,10-14,16,30H,3-4,7-9,15H2,1-2H3. The summed E-state index contributed by atoms with van der Waals surface area (Å²) in [5.41, 5.74) is 4.74. The van der Waals surface area contributed by atoms with Crippen LogP contribution in [0.15, 0.2) is 63.1 Å². The third kappa shape index (κ3) is 4.63. The average Bonchev–Trinajstić information content (AvgIpc) is 3.60. The van der Waals surface area contributed by atoms with E-state index in [2.05, 4.69) is 10.3 Å². The van der Waals surface area contributed by atoms with E-state index in [1.54, 1.807) is 18.3 Å². The van der Waals surface area contributed by atoms with E-state index in [0.717, 1.165) is 34.9 Å². The summed E-state index contributed by atoms with van der Waals surface area (Å²) < 4.78 is 32.4. The Bertz CT molecular complexity index is 1780. The molecular weight excluding hydrogens is 518 g/mol. The predicted octanol–water partition coefficient (Wildman–Crippen LogP) is 3.40. The maximum absolute atomic E-state index is 13.8. The van der Waals surface area contributed by atoms with Gasteiger partial charge >= 0.3 is 0 Å². The second-order valence-electron chi connectivity index (χ2n) is 10.0. The molecule has 4 heterocycles. The van der Waals surface area contributed by atoms with Crippen molar-refractivity contribution in [3.8, 4) is 28.3 Å². The van der Waals surface area contributed by atoms with Crippen LogP contribution in [0.1, 0.15) is 24.0 Å². The van der Waals surface area contributed by atoms with E-state index >= 15 is 0 Å². The lowest BCUT2D eigenvalue weighted by Gasteiger charge is -2.23. The summed E-state index contributed by atoms with van der Waals surface area (Å²) in [4.78, 5) is 31.7. The zero-order valence-electron chi connectivity index (χ0n) is 21.6. The second kappa shape index (κ2) is 9.49. The third-order valence-corrected chi connectivity index (χ3v) is 8.27. The van der Waals surface area contributed by atoms with Crippen LogP contribution in [-0.2, 0) is 21.1 Å². The highest BCUT2D eigenvalue weighted by Crippen LogP contribution is 2.34. The molecule has 1 saturated heterocycles. The molecule has 0 aliphatic carbocycles. The molecule has 0 amide bonds. The molecule has 2 aliphatic rings. The van der Waals surface area contributed by atoms with Crippen LogP contribution < -0.4 is 15.8 Å². The number of carbonyl (C=O) groups is 1. The number of rotatable bonds is 5. The first-order valence-electron chi connectivity index (χ1n) is 12.7. The van der Waals surface area contributed by atoms with Gasteiger partial charge in [0.05, 0.1) is 29.0 Å². The summed E-state index contributed by atoms with van der Waals surface area (Å²) in [6.07, 6.45) is 6.03. The number of nitrogens with zero attached hydrogens (tertiary/aromatic N) is 4. The average molecular weight is 546 g/mol. The predicted molar refractivity (Wildman–Crippen MR) is 147 cm³/mol. The Morgan fingerprint density at radius 2 is 1.87 bits per heavy atom. The Hall–Kier alpha value is -4.25. The van der Waals surface area contributed by atoms with Gasteiger partial charge in [-0.1, -0.05) is 0 Å². The van der Waals surface area contributed by atoms with E-state index in [-0.39, 0.29) is 22.9 Å². The number of Topliss-reactive ketones (excluding diaryl/α,β-unsaturated/α-hetero) is 1. The fourth-order valence-corrected chi connectivity index (χ4v) is 6.15. The molecule has 0 saturated carbocycles. The van der Waals surface area contributed by atoms with E-state index in [1.807, 2.05) is 30.0 Å². The van der Waals surface area contributed by atoms with Crippen molar-refractivity contribution in [1.29, 1.82) is 0 Å². The molecule has 0 bridgehead atoms. The minimum atomic E-state index is -3.72. The molecule has 1 fully saturated rings. The van der Waals surface area contributed by atoms with Crippen LogP contribution in [0.2, 0.25) is 0 Å². The molecular formula is C28H27N5O5S. The van der Waals surface area contributed by atoms with Crippen LogP contribution in [0.3, 0.4) is 0 Å². The zero-order valence-corrected chi connectivity index (χ0v) is 22.4. The molecule has 6 rings (SSSR count). The lowest BCUT2D eigenvalue weighted by Crippen LogP contribution is -2.31. The Labute approximate surface area is 225 Å². The molecule has 0 atom stereocenters. The van der Waals surface area contributed by atoms with Gasteiger partial charge in [-0.05, 0) is 61.7 Å². The molecule has 4 aromatic rings. The monoisotopic (exact) mass is 545 g/mol. The molecule has 0 unspecified atom stereocenters. The zero-order chi connectivity index (χ0) is 27.3. The van der Waals surface area contributed by atoms with Crippen LogP contribution in [0.25, 0.3) is 28.3 Å². The van der Waals surface area contributed by atoms with Crippen molar-refractivity contribution in [3.05, 3.63) is 70.5 Å². The number of fused-ring (bicyclic) bond motifs is 1. The molecule has 2 aromatic heterocycles. The van der Waals surface area contributed by atoms with Crippen molar-refractivity contribution in [1.82, 2.24) is 14.8 Å². The quantitative estimate of drug-likeness (QED) is 0.401. The van der Waals surface area contributed by atoms with Crippen molar-refractivity contribution in [2.75, 3.05) is 36.1 Å². The van der Waals surface area contributed by atoms with Gasteiger partial charge in [0.2, 0.25) is 0 Å². The van der Waals surface area contributed by atoms with Crippen LogP contribution >= 0.6 is 0 Å². The molecule has 1 N–H and O–H groups in total. The Morgan fingerprint density at radius 1 is 1.05 bits per heavy atom. The number of anilines is 2. The van der Waals surface area contributed by atoms with Crippen LogP contribution in [0, 0.1) is 6.92 Å². The summed E-state index contributed by atoms with van der Waals surface area (Å²) in [6, 6.07) is 10.7. The highest BCUT2D eigenvalue weighted by Gasteiger charge is 2.27. The summed E-state index contributed by atoms with van der Waals surface area (Å²) in [6.45, 7) is 3.36. The molecule has 0 spiro atoms. The molecule has 11 heteroatoms. The third-order valence-electron chi connectivity index (χ3n) is 7.13. The molecule has 39 heavy (non-hydrogen) atoms. The topological polar surface area (TPSA) is 127 Å². The van der Waals surface area contributed by atoms with E-state index in [4.69, 9.17) is 9.52 Å². The van der Waals surface area contributed by atoms with Gasteiger partial charge in [-0.25, -0.2) is 13.4 Å². The van der Waals surface area contributed by atoms with E-state index in [1.165, 1.54) is 17.1 Å². The first-order chi connectivity index (χ1) is 18.7. The number of aryl methyl sites for hydroxylation is 1. The number of hydrogen-bond donors (Lipinski definition) is 1. The number of carbonyl (C=O) groups excluding carboxylic acids is 1. The molecule has 2 aromatic carbocycles. The van der Waals surface area contributed by atoms with Crippen LogP contribution in [-0.4, -0.2) is 54.9 Å². The van der Waals surface area contributed by atoms with Gasteiger partial charge in [-0.2, -0.15) is 9.78 Å². The van der Waals surface area contributed by atoms with E-state index in [0.29, 0.717) is 48.8 Å². The molecule has 0 radical (unpaired) electrons. The molecule has 10 nitrogen and oxygen atoms in total. The van der Waals surface area contributed by atoms with Gasteiger partial charge < -0.3 is 14.6 Å². The Morgan fingerprint density at radius 3 is 2.59 bits per heavy atom. The normalized spacial score (nSPS) is 15.3. The van der Waals surface area contributed by atoms with Gasteiger partial charge in [0, 0.05) is 48.1 Å². The second-order valence-corrected chi connectivity index (χ2v) is 12.0. The number of ketones is 1. The molecule has 2 aliphatic heterocycles. The van der Waals surface area contributed by atoms with Gasteiger partial charge in [0.15, 0.2) is 27.8 Å². The van der Waals surface area contributed by atoms with Crippen molar-refractivity contribution in [2.24, 2.45) is 0 Å². The van der Waals surface area contributed by atoms with Crippen molar-refractivity contribution < 1.29 is 17.6 Å². The van der Waals surface area contributed by atoms with Crippen LogP contribution in [0.4, 0.5) is 11.4 Å². The highest BCUT2D eigenvalue weighted by molar-refractivity contribution is 7.90. The van der Waals surface area contributed by atoms with E-state index < -0.39 is 15.4 Å². The lowest BCUT2D eigenvalue weighted by molar-refractivity contribution is -0.116. The first kappa shape index (κ1) is 25.1. The Balaban J connectivity index is 1.60. The van der Waals surface area contributed by atoms with Gasteiger partial charge in [0.1, 0.15) is 5.69 Å².